The van der Waals surface area contributed by atoms with Crippen molar-refractivity contribution < 1.29 is 0 Å². The molecule has 0 spiro atoms. The number of guanidine groups is 1. The molecule has 0 radical (unpaired) electrons. The van der Waals surface area contributed by atoms with Crippen LogP contribution in [0.15, 0.2) is 47.7 Å². The average molecular weight is 340 g/mol. The van der Waals surface area contributed by atoms with Gasteiger partial charge in [0, 0.05) is 37.9 Å². The van der Waals surface area contributed by atoms with Gasteiger partial charge >= 0.3 is 0 Å². The molecule has 2 N–H and O–H groups in total. The van der Waals surface area contributed by atoms with Crippen molar-refractivity contribution in [3.63, 3.8) is 0 Å². The Balaban J connectivity index is 1.49. The zero-order chi connectivity index (χ0) is 17.5. The molecule has 25 heavy (non-hydrogen) atoms. The summed E-state index contributed by atoms with van der Waals surface area (Å²) in [6.45, 7) is 6.21. The Morgan fingerprint density at radius 2 is 2.12 bits per heavy atom. The lowest BCUT2D eigenvalue weighted by Gasteiger charge is -2.23. The molecule has 1 aromatic carbocycles. The van der Waals surface area contributed by atoms with Crippen molar-refractivity contribution >= 4 is 5.96 Å². The minimum Gasteiger partial charge on any atom is -0.355 e. The van der Waals surface area contributed by atoms with E-state index in [2.05, 4.69) is 32.5 Å². The van der Waals surface area contributed by atoms with E-state index in [1.165, 1.54) is 19.4 Å². The van der Waals surface area contributed by atoms with Crippen molar-refractivity contribution in [3.8, 4) is 5.69 Å². The van der Waals surface area contributed by atoms with E-state index in [0.29, 0.717) is 12.6 Å². The Labute approximate surface area is 149 Å². The van der Waals surface area contributed by atoms with Crippen molar-refractivity contribution in [1.29, 1.82) is 0 Å². The number of nitrogens with zero attached hydrogens (tertiary/aromatic N) is 4. The summed E-state index contributed by atoms with van der Waals surface area (Å²) < 4.78 is 1.89. The lowest BCUT2D eigenvalue weighted by atomic mass is 10.2. The molecule has 134 valence electrons. The molecule has 1 saturated heterocycles. The number of likely N-dealkylation sites (tertiary alicyclic amines) is 1. The van der Waals surface area contributed by atoms with Gasteiger partial charge in [0.1, 0.15) is 0 Å². The molecule has 0 amide bonds. The van der Waals surface area contributed by atoms with E-state index in [1.807, 2.05) is 54.5 Å². The van der Waals surface area contributed by atoms with E-state index in [-0.39, 0.29) is 0 Å². The summed E-state index contributed by atoms with van der Waals surface area (Å²) >= 11 is 0. The van der Waals surface area contributed by atoms with Gasteiger partial charge in [-0.25, -0.2) is 4.68 Å². The maximum absolute atomic E-state index is 4.43. The average Bonchev–Trinajstić information content (AvgIpc) is 3.31. The third kappa shape index (κ3) is 4.60. The number of aliphatic imine (C=N–C) groups is 1. The van der Waals surface area contributed by atoms with Gasteiger partial charge in [0.25, 0.3) is 0 Å². The second-order valence-corrected chi connectivity index (χ2v) is 6.36. The second kappa shape index (κ2) is 8.67. The largest absolute Gasteiger partial charge is 0.355 e. The summed E-state index contributed by atoms with van der Waals surface area (Å²) in [5, 5.41) is 11.3. The van der Waals surface area contributed by atoms with E-state index in [9.17, 15) is 0 Å². The number of nitrogens with one attached hydrogen (secondary N) is 2. The number of hydrogen-bond acceptors (Lipinski definition) is 3. The first kappa shape index (κ1) is 17.5. The fourth-order valence-corrected chi connectivity index (χ4v) is 3.34. The van der Waals surface area contributed by atoms with Crippen molar-refractivity contribution in [2.75, 3.05) is 26.7 Å². The minimum absolute atomic E-state index is 0.615. The normalized spacial score (nSPS) is 18.5. The molecule has 1 aliphatic rings. The van der Waals surface area contributed by atoms with Crippen LogP contribution in [-0.2, 0) is 6.54 Å². The first-order valence-electron chi connectivity index (χ1n) is 9.07. The van der Waals surface area contributed by atoms with Crippen LogP contribution in [0.1, 0.15) is 25.3 Å². The Hall–Kier alpha value is -2.34. The predicted molar refractivity (Wildman–Crippen MR) is 102 cm³/mol. The summed E-state index contributed by atoms with van der Waals surface area (Å²) in [6, 6.07) is 10.8. The van der Waals surface area contributed by atoms with Gasteiger partial charge in [-0.1, -0.05) is 25.1 Å². The number of benzene rings is 1. The third-order valence-electron chi connectivity index (χ3n) is 4.75. The van der Waals surface area contributed by atoms with Crippen LogP contribution >= 0.6 is 0 Å². The number of para-hydroxylation sites is 1. The quantitative estimate of drug-likeness (QED) is 0.624. The van der Waals surface area contributed by atoms with E-state index < -0.39 is 0 Å². The molecule has 2 heterocycles. The molecule has 1 unspecified atom stereocenters. The molecule has 0 aliphatic carbocycles. The van der Waals surface area contributed by atoms with Gasteiger partial charge in [-0.15, -0.1) is 0 Å². The van der Waals surface area contributed by atoms with Gasteiger partial charge in [0.15, 0.2) is 5.96 Å². The molecule has 6 nitrogen and oxygen atoms in total. The van der Waals surface area contributed by atoms with Crippen LogP contribution in [-0.4, -0.2) is 53.4 Å². The highest BCUT2D eigenvalue weighted by Crippen LogP contribution is 2.15. The zero-order valence-electron chi connectivity index (χ0n) is 15.2. The molecular formula is C19H28N6. The van der Waals surface area contributed by atoms with Crippen LogP contribution in [0.5, 0.6) is 0 Å². The van der Waals surface area contributed by atoms with E-state index in [0.717, 1.165) is 30.3 Å². The predicted octanol–water partition coefficient (Wildman–Crippen LogP) is 2.02. The van der Waals surface area contributed by atoms with Gasteiger partial charge in [-0.05, 0) is 38.1 Å². The SMILES string of the molecule is CCN1CCCC1CNC(=NC)NCc1cnn(-c2ccccc2)c1. The second-order valence-electron chi connectivity index (χ2n) is 6.36. The molecule has 0 saturated carbocycles. The van der Waals surface area contributed by atoms with Crippen LogP contribution in [0.3, 0.4) is 0 Å². The first-order valence-corrected chi connectivity index (χ1v) is 9.07. The fraction of sp³-hybridized carbons (Fsp3) is 0.474. The highest BCUT2D eigenvalue weighted by Gasteiger charge is 2.22. The highest BCUT2D eigenvalue weighted by molar-refractivity contribution is 5.79. The van der Waals surface area contributed by atoms with E-state index in [1.54, 1.807) is 0 Å². The standard InChI is InChI=1S/C19H28N6/c1-3-24-11-7-10-18(24)14-22-19(20-2)21-12-16-13-23-25(15-16)17-8-5-4-6-9-17/h4-6,8-9,13,15,18H,3,7,10-12,14H2,1-2H3,(H2,20,21,22). The number of aromatic nitrogens is 2. The van der Waals surface area contributed by atoms with E-state index >= 15 is 0 Å². The van der Waals surface area contributed by atoms with Crippen LogP contribution in [0.25, 0.3) is 5.69 Å². The summed E-state index contributed by atoms with van der Waals surface area (Å²) in [6.07, 6.45) is 6.50. The summed E-state index contributed by atoms with van der Waals surface area (Å²) in [5.41, 5.74) is 2.19. The smallest absolute Gasteiger partial charge is 0.191 e. The van der Waals surface area contributed by atoms with Gasteiger partial charge < -0.3 is 10.6 Å². The van der Waals surface area contributed by atoms with E-state index in [4.69, 9.17) is 0 Å². The minimum atomic E-state index is 0.615. The Bertz CT molecular complexity index is 678. The van der Waals surface area contributed by atoms with Gasteiger partial charge in [-0.3, -0.25) is 9.89 Å². The maximum Gasteiger partial charge on any atom is 0.191 e. The molecule has 1 aromatic heterocycles. The lowest BCUT2D eigenvalue weighted by molar-refractivity contribution is 0.267. The van der Waals surface area contributed by atoms with Crippen LogP contribution in [0.4, 0.5) is 0 Å². The van der Waals surface area contributed by atoms with Crippen molar-refractivity contribution in [3.05, 3.63) is 48.3 Å². The number of rotatable bonds is 6. The van der Waals surface area contributed by atoms with Crippen molar-refractivity contribution in [2.24, 2.45) is 4.99 Å². The Kier molecular flexibility index (Phi) is 6.06. The molecule has 1 atom stereocenters. The highest BCUT2D eigenvalue weighted by atomic mass is 15.3. The Morgan fingerprint density at radius 1 is 1.28 bits per heavy atom. The summed E-state index contributed by atoms with van der Waals surface area (Å²) in [5.74, 6) is 0.843. The lowest BCUT2D eigenvalue weighted by Crippen LogP contribution is -2.44. The van der Waals surface area contributed by atoms with Crippen LogP contribution in [0.2, 0.25) is 0 Å². The maximum atomic E-state index is 4.43. The molecule has 0 bridgehead atoms. The molecule has 1 fully saturated rings. The fourth-order valence-electron chi connectivity index (χ4n) is 3.34. The van der Waals surface area contributed by atoms with Crippen molar-refractivity contribution in [1.82, 2.24) is 25.3 Å². The van der Waals surface area contributed by atoms with Gasteiger partial charge in [-0.2, -0.15) is 5.10 Å². The molecule has 3 rings (SSSR count). The number of hydrogen-bond donors (Lipinski definition) is 2. The van der Waals surface area contributed by atoms with Crippen LogP contribution < -0.4 is 10.6 Å². The zero-order valence-corrected chi connectivity index (χ0v) is 15.2. The summed E-state index contributed by atoms with van der Waals surface area (Å²) in [4.78, 5) is 6.86. The van der Waals surface area contributed by atoms with Gasteiger partial charge in [0.05, 0.1) is 11.9 Å². The Morgan fingerprint density at radius 3 is 2.88 bits per heavy atom. The first-order chi connectivity index (χ1) is 12.3. The monoisotopic (exact) mass is 340 g/mol. The summed E-state index contributed by atoms with van der Waals surface area (Å²) in [7, 11) is 1.81. The number of likely N-dealkylation sites (N-methyl/N-ethyl adjacent to an activating group) is 1. The van der Waals surface area contributed by atoms with Gasteiger partial charge in [0.2, 0.25) is 0 Å². The topological polar surface area (TPSA) is 57.5 Å². The molecule has 1 aliphatic heterocycles. The van der Waals surface area contributed by atoms with Crippen LogP contribution in [0, 0.1) is 0 Å². The molecular weight excluding hydrogens is 312 g/mol. The van der Waals surface area contributed by atoms with Crippen molar-refractivity contribution in [2.45, 2.75) is 32.4 Å². The molecule has 2 aromatic rings. The molecule has 6 heteroatoms. The third-order valence-corrected chi connectivity index (χ3v) is 4.75.